The van der Waals surface area contributed by atoms with Crippen molar-refractivity contribution in [3.63, 3.8) is 0 Å². The molecule has 5 rings (SSSR count). The van der Waals surface area contributed by atoms with Crippen molar-refractivity contribution in [2.75, 3.05) is 48.4 Å². The molecule has 1 heterocycles. The Balaban J connectivity index is 1.35. The van der Waals surface area contributed by atoms with Crippen molar-refractivity contribution in [1.82, 2.24) is 5.32 Å². The van der Waals surface area contributed by atoms with E-state index in [9.17, 15) is 19.7 Å². The van der Waals surface area contributed by atoms with Gasteiger partial charge < -0.3 is 25.2 Å². The van der Waals surface area contributed by atoms with Crippen LogP contribution in [-0.4, -0.2) is 56.1 Å². The van der Waals surface area contributed by atoms with E-state index in [0.29, 0.717) is 24.3 Å². The van der Waals surface area contributed by atoms with Crippen molar-refractivity contribution in [2.24, 2.45) is 0 Å². The van der Waals surface area contributed by atoms with E-state index in [1.807, 2.05) is 30.3 Å². The zero-order valence-corrected chi connectivity index (χ0v) is 22.1. The molecule has 1 saturated heterocycles. The number of hydrogen-bond acceptors (Lipinski definition) is 7. The third kappa shape index (κ3) is 5.91. The molecule has 39 heavy (non-hydrogen) atoms. The molecule has 0 unspecified atom stereocenters. The summed E-state index contributed by atoms with van der Waals surface area (Å²) in [5, 5.41) is 16.8. The van der Waals surface area contributed by atoms with Crippen LogP contribution >= 0.6 is 11.6 Å². The van der Waals surface area contributed by atoms with Crippen LogP contribution in [-0.2, 0) is 0 Å². The summed E-state index contributed by atoms with van der Waals surface area (Å²) in [6, 6.07) is 17.0. The summed E-state index contributed by atoms with van der Waals surface area (Å²) in [6.07, 6.45) is 1.90. The second kappa shape index (κ2) is 11.2. The van der Waals surface area contributed by atoms with E-state index in [2.05, 4.69) is 20.4 Å². The van der Waals surface area contributed by atoms with Crippen molar-refractivity contribution in [3.05, 3.63) is 86.9 Å². The standard InChI is InChI=1S/C28H28ClN5O5/c1-39-26-5-3-2-4-25(26)33-14-12-32(13-15-33)24-11-8-19(16-22(24)28(36)30-18-6-7-18)31-27(35)21-10-9-20(34(37)38)17-23(21)29/h2-5,8-11,16-18H,6-7,12-15H2,1H3,(H,30,36)(H,31,35). The Morgan fingerprint density at radius 3 is 2.26 bits per heavy atom. The van der Waals surface area contributed by atoms with Crippen molar-refractivity contribution in [2.45, 2.75) is 18.9 Å². The molecular formula is C28H28ClN5O5. The average Bonchev–Trinajstić information content (AvgIpc) is 3.77. The summed E-state index contributed by atoms with van der Waals surface area (Å²) >= 11 is 6.13. The zero-order valence-electron chi connectivity index (χ0n) is 21.4. The van der Waals surface area contributed by atoms with Crippen LogP contribution < -0.4 is 25.2 Å². The van der Waals surface area contributed by atoms with E-state index in [1.54, 1.807) is 19.2 Å². The minimum Gasteiger partial charge on any atom is -0.495 e. The molecule has 202 valence electrons. The molecule has 1 aliphatic carbocycles. The first-order valence-corrected chi connectivity index (χ1v) is 13.0. The first-order chi connectivity index (χ1) is 18.8. The number of rotatable bonds is 8. The lowest BCUT2D eigenvalue weighted by Gasteiger charge is -2.38. The maximum absolute atomic E-state index is 13.2. The van der Waals surface area contributed by atoms with E-state index < -0.39 is 10.8 Å². The normalized spacial score (nSPS) is 15.0. The molecule has 0 bridgehead atoms. The van der Waals surface area contributed by atoms with E-state index >= 15 is 0 Å². The lowest BCUT2D eigenvalue weighted by molar-refractivity contribution is -0.384. The Labute approximate surface area is 230 Å². The van der Waals surface area contributed by atoms with E-state index in [0.717, 1.165) is 49.1 Å². The summed E-state index contributed by atoms with van der Waals surface area (Å²) in [7, 11) is 1.66. The summed E-state index contributed by atoms with van der Waals surface area (Å²) < 4.78 is 5.52. The van der Waals surface area contributed by atoms with Gasteiger partial charge in [-0.2, -0.15) is 0 Å². The zero-order chi connectivity index (χ0) is 27.5. The molecule has 11 heteroatoms. The summed E-state index contributed by atoms with van der Waals surface area (Å²) in [4.78, 5) is 41.0. The fraction of sp³-hybridized carbons (Fsp3) is 0.286. The lowest BCUT2D eigenvalue weighted by atomic mass is 10.1. The number of carbonyl (C=O) groups is 2. The fourth-order valence-electron chi connectivity index (χ4n) is 4.64. The number of methoxy groups -OCH3 is 1. The topological polar surface area (TPSA) is 117 Å². The molecule has 1 aliphatic heterocycles. The third-order valence-corrected chi connectivity index (χ3v) is 7.18. The van der Waals surface area contributed by atoms with Gasteiger partial charge in [0.15, 0.2) is 0 Å². The fourth-order valence-corrected chi connectivity index (χ4v) is 4.90. The van der Waals surface area contributed by atoms with Crippen LogP contribution in [0.15, 0.2) is 60.7 Å². The van der Waals surface area contributed by atoms with Crippen molar-refractivity contribution in [1.29, 1.82) is 0 Å². The van der Waals surface area contributed by atoms with Gasteiger partial charge in [0.2, 0.25) is 0 Å². The van der Waals surface area contributed by atoms with Gasteiger partial charge in [0.25, 0.3) is 17.5 Å². The van der Waals surface area contributed by atoms with Crippen LogP contribution in [0.25, 0.3) is 0 Å². The van der Waals surface area contributed by atoms with Gasteiger partial charge in [0.1, 0.15) is 5.75 Å². The molecule has 3 aromatic carbocycles. The highest BCUT2D eigenvalue weighted by molar-refractivity contribution is 6.34. The first-order valence-electron chi connectivity index (χ1n) is 12.7. The third-order valence-electron chi connectivity index (χ3n) is 6.87. The van der Waals surface area contributed by atoms with Gasteiger partial charge in [0, 0.05) is 55.7 Å². The molecule has 3 aromatic rings. The summed E-state index contributed by atoms with van der Waals surface area (Å²) in [5.74, 6) is 0.106. The molecule has 2 N–H and O–H groups in total. The van der Waals surface area contributed by atoms with Gasteiger partial charge in [-0.1, -0.05) is 23.7 Å². The number of nitro groups is 1. The van der Waals surface area contributed by atoms with Gasteiger partial charge >= 0.3 is 0 Å². The van der Waals surface area contributed by atoms with Crippen molar-refractivity contribution in [3.8, 4) is 5.75 Å². The number of para-hydroxylation sites is 2. The van der Waals surface area contributed by atoms with E-state index in [4.69, 9.17) is 16.3 Å². The highest BCUT2D eigenvalue weighted by Gasteiger charge is 2.28. The molecular weight excluding hydrogens is 522 g/mol. The SMILES string of the molecule is COc1ccccc1N1CCN(c2ccc(NC(=O)c3ccc([N+](=O)[O-])cc3Cl)cc2C(=O)NC2CC2)CC1. The maximum atomic E-state index is 13.2. The summed E-state index contributed by atoms with van der Waals surface area (Å²) in [5.41, 5.74) is 2.62. The van der Waals surface area contributed by atoms with Crippen molar-refractivity contribution < 1.29 is 19.2 Å². The number of halogens is 1. The number of nitro benzene ring substituents is 1. The lowest BCUT2D eigenvalue weighted by Crippen LogP contribution is -2.47. The molecule has 0 spiro atoms. The minimum absolute atomic E-state index is 0.0297. The van der Waals surface area contributed by atoms with Gasteiger partial charge in [0.05, 0.1) is 33.9 Å². The minimum atomic E-state index is -0.576. The number of benzene rings is 3. The second-order valence-electron chi connectivity index (χ2n) is 9.50. The Bertz CT molecular complexity index is 1420. The van der Waals surface area contributed by atoms with Crippen LogP contribution in [0, 0.1) is 10.1 Å². The van der Waals surface area contributed by atoms with Crippen LogP contribution in [0.3, 0.4) is 0 Å². The molecule has 1 saturated carbocycles. The number of ether oxygens (including phenoxy) is 1. The largest absolute Gasteiger partial charge is 0.495 e. The van der Waals surface area contributed by atoms with Crippen LogP contribution in [0.2, 0.25) is 5.02 Å². The van der Waals surface area contributed by atoms with Crippen LogP contribution in [0.1, 0.15) is 33.6 Å². The maximum Gasteiger partial charge on any atom is 0.270 e. The highest BCUT2D eigenvalue weighted by Crippen LogP contribution is 2.32. The number of amides is 2. The molecule has 0 atom stereocenters. The van der Waals surface area contributed by atoms with Crippen LogP contribution in [0.5, 0.6) is 5.75 Å². The number of anilines is 3. The number of hydrogen-bond donors (Lipinski definition) is 2. The molecule has 2 amide bonds. The smallest absolute Gasteiger partial charge is 0.270 e. The monoisotopic (exact) mass is 549 g/mol. The van der Waals surface area contributed by atoms with E-state index in [-0.39, 0.29) is 28.2 Å². The number of piperazine rings is 1. The van der Waals surface area contributed by atoms with Gasteiger partial charge in [-0.25, -0.2) is 0 Å². The highest BCUT2D eigenvalue weighted by atomic mass is 35.5. The molecule has 2 aliphatic rings. The Morgan fingerprint density at radius 1 is 0.923 bits per heavy atom. The Morgan fingerprint density at radius 2 is 1.62 bits per heavy atom. The van der Waals surface area contributed by atoms with E-state index in [1.165, 1.54) is 12.1 Å². The molecule has 0 radical (unpaired) electrons. The van der Waals surface area contributed by atoms with Crippen LogP contribution in [0.4, 0.5) is 22.7 Å². The van der Waals surface area contributed by atoms with Gasteiger partial charge in [-0.3, -0.25) is 19.7 Å². The Hall–Kier alpha value is -4.31. The van der Waals surface area contributed by atoms with Crippen molar-refractivity contribution >= 4 is 46.2 Å². The number of non-ortho nitro benzene ring substituents is 1. The Kier molecular flexibility index (Phi) is 7.56. The summed E-state index contributed by atoms with van der Waals surface area (Å²) in [6.45, 7) is 2.90. The number of nitrogens with one attached hydrogen (secondary N) is 2. The molecule has 0 aromatic heterocycles. The molecule has 10 nitrogen and oxygen atoms in total. The first kappa shape index (κ1) is 26.3. The predicted molar refractivity (Wildman–Crippen MR) is 150 cm³/mol. The predicted octanol–water partition coefficient (Wildman–Crippen LogP) is 4.73. The van der Waals surface area contributed by atoms with Gasteiger partial charge in [-0.05, 0) is 49.2 Å². The second-order valence-corrected chi connectivity index (χ2v) is 9.91. The quantitative estimate of drug-likeness (QED) is 0.308. The molecule has 2 fully saturated rings. The number of nitrogens with zero attached hydrogens (tertiary/aromatic N) is 3. The van der Waals surface area contributed by atoms with Gasteiger partial charge in [-0.15, -0.1) is 0 Å². The number of carbonyl (C=O) groups excluding carboxylic acids is 2. The average molecular weight is 550 g/mol.